The zero-order valence-corrected chi connectivity index (χ0v) is 17.6. The molecule has 5 heterocycles. The van der Waals surface area contributed by atoms with E-state index in [9.17, 15) is 23.2 Å². The second kappa shape index (κ2) is 8.89. The Bertz CT molecular complexity index is 1400. The minimum absolute atomic E-state index is 0.183. The predicted molar refractivity (Wildman–Crippen MR) is 109 cm³/mol. The molecule has 12 nitrogen and oxygen atoms in total. The number of hydrogen-bond donors (Lipinski definition) is 2. The minimum Gasteiger partial charge on any atom is -0.475 e. The van der Waals surface area contributed by atoms with Gasteiger partial charge in [0.2, 0.25) is 5.76 Å². The number of nitriles is 1. The second-order valence-corrected chi connectivity index (χ2v) is 7.54. The molecule has 0 atom stereocenters. The number of amides is 1. The van der Waals surface area contributed by atoms with Gasteiger partial charge in [-0.15, -0.1) is 0 Å². The van der Waals surface area contributed by atoms with E-state index in [1.807, 2.05) is 18.5 Å². The van der Waals surface area contributed by atoms with Gasteiger partial charge in [0.25, 0.3) is 5.91 Å². The maximum atomic E-state index is 12.4. The Kier molecular flexibility index (Phi) is 5.95. The number of nitrogens with one attached hydrogen (secondary N) is 1. The first-order valence-corrected chi connectivity index (χ1v) is 9.85. The van der Waals surface area contributed by atoms with Crippen molar-refractivity contribution < 1.29 is 32.4 Å². The summed E-state index contributed by atoms with van der Waals surface area (Å²) in [7, 11) is 0. The lowest BCUT2D eigenvalue weighted by Crippen LogP contribution is -2.64. The summed E-state index contributed by atoms with van der Waals surface area (Å²) in [5.74, 6) is -2.82. The number of aromatic nitrogens is 6. The van der Waals surface area contributed by atoms with E-state index >= 15 is 0 Å². The highest BCUT2D eigenvalue weighted by atomic mass is 19.4. The number of likely N-dealkylation sites (tertiary alicyclic amines) is 1. The first-order valence-electron chi connectivity index (χ1n) is 9.85. The molecular formula is C20H15F3N8O4. The maximum Gasteiger partial charge on any atom is 0.490 e. The zero-order chi connectivity index (χ0) is 25.2. The lowest BCUT2D eigenvalue weighted by molar-refractivity contribution is -0.192. The Morgan fingerprint density at radius 1 is 1.29 bits per heavy atom. The number of nitrogens with zero attached hydrogens (tertiary/aromatic N) is 7. The van der Waals surface area contributed by atoms with Gasteiger partial charge in [0.1, 0.15) is 17.5 Å². The number of carbonyl (C=O) groups excluding carboxylic acids is 1. The smallest absolute Gasteiger partial charge is 0.475 e. The average molecular weight is 488 g/mol. The quantitative estimate of drug-likeness (QED) is 0.438. The average Bonchev–Trinajstić information content (AvgIpc) is 3.56. The van der Waals surface area contributed by atoms with Crippen molar-refractivity contribution in [2.24, 2.45) is 0 Å². The van der Waals surface area contributed by atoms with Crippen LogP contribution in [0.1, 0.15) is 17.0 Å². The summed E-state index contributed by atoms with van der Waals surface area (Å²) >= 11 is 0. The van der Waals surface area contributed by atoms with Crippen LogP contribution in [0.4, 0.5) is 13.2 Å². The molecule has 0 unspecified atom stereocenters. The van der Waals surface area contributed by atoms with Gasteiger partial charge in [-0.2, -0.15) is 23.5 Å². The molecule has 0 radical (unpaired) electrons. The van der Waals surface area contributed by atoms with Crippen molar-refractivity contribution in [2.45, 2.75) is 18.1 Å². The van der Waals surface area contributed by atoms with Crippen LogP contribution in [0.2, 0.25) is 0 Å². The normalized spacial score (nSPS) is 14.5. The Morgan fingerprint density at radius 2 is 2.03 bits per heavy atom. The number of aromatic amines is 1. The largest absolute Gasteiger partial charge is 0.490 e. The molecule has 4 aromatic rings. The van der Waals surface area contributed by atoms with E-state index in [1.165, 1.54) is 18.6 Å². The molecular weight excluding hydrogens is 473 g/mol. The van der Waals surface area contributed by atoms with Gasteiger partial charge in [-0.25, -0.2) is 14.8 Å². The van der Waals surface area contributed by atoms with Crippen LogP contribution in [0.25, 0.3) is 22.3 Å². The van der Waals surface area contributed by atoms with E-state index in [1.54, 1.807) is 15.8 Å². The molecule has 2 N–H and O–H groups in total. The van der Waals surface area contributed by atoms with Gasteiger partial charge in [-0.1, -0.05) is 5.16 Å². The third-order valence-electron chi connectivity index (χ3n) is 5.25. The second-order valence-electron chi connectivity index (χ2n) is 7.54. The maximum absolute atomic E-state index is 12.4. The van der Waals surface area contributed by atoms with E-state index < -0.39 is 17.7 Å². The molecule has 1 fully saturated rings. The van der Waals surface area contributed by atoms with Crippen LogP contribution in [-0.2, 0) is 10.3 Å². The summed E-state index contributed by atoms with van der Waals surface area (Å²) in [6, 6.07) is 5.65. The first-order chi connectivity index (χ1) is 16.6. The van der Waals surface area contributed by atoms with Gasteiger partial charge in [0.05, 0.1) is 30.6 Å². The van der Waals surface area contributed by atoms with Crippen LogP contribution in [0.15, 0.2) is 47.8 Å². The molecule has 0 bridgehead atoms. The van der Waals surface area contributed by atoms with Crippen molar-refractivity contribution in [3.8, 4) is 17.3 Å². The summed E-state index contributed by atoms with van der Waals surface area (Å²) in [4.78, 5) is 34.6. The highest BCUT2D eigenvalue weighted by Crippen LogP contribution is 2.35. The minimum atomic E-state index is -5.08. The SMILES string of the molecule is N#CCC1(n2cc(-c3ncnc4[nH]ccc34)cn2)CN(C(=O)c2ccno2)C1.O=C(O)C(F)(F)F. The molecule has 0 aliphatic carbocycles. The summed E-state index contributed by atoms with van der Waals surface area (Å²) in [6.07, 6.45) is 3.47. The number of carbonyl (C=O) groups is 2. The highest BCUT2D eigenvalue weighted by molar-refractivity contribution is 5.92. The Hall–Kier alpha value is -4.74. The molecule has 0 saturated carbocycles. The predicted octanol–water partition coefficient (Wildman–Crippen LogP) is 2.21. The number of fused-ring (bicyclic) bond motifs is 1. The number of rotatable bonds is 4. The van der Waals surface area contributed by atoms with Crippen molar-refractivity contribution in [1.29, 1.82) is 5.26 Å². The molecule has 0 aromatic carbocycles. The number of carboxylic acid groups (broad SMARTS) is 1. The van der Waals surface area contributed by atoms with E-state index in [-0.39, 0.29) is 18.1 Å². The molecule has 1 aliphatic rings. The third kappa shape index (κ3) is 4.53. The van der Waals surface area contributed by atoms with Crippen molar-refractivity contribution in [2.75, 3.05) is 13.1 Å². The Labute approximate surface area is 193 Å². The summed E-state index contributed by atoms with van der Waals surface area (Å²) in [5.41, 5.74) is 1.76. The van der Waals surface area contributed by atoms with Crippen molar-refractivity contribution in [1.82, 2.24) is 34.8 Å². The van der Waals surface area contributed by atoms with Gasteiger partial charge >= 0.3 is 12.1 Å². The molecule has 5 rings (SSSR count). The fraction of sp³-hybridized carbons (Fsp3) is 0.250. The summed E-state index contributed by atoms with van der Waals surface area (Å²) in [6.45, 7) is 0.731. The van der Waals surface area contributed by atoms with Crippen molar-refractivity contribution >= 4 is 22.9 Å². The zero-order valence-electron chi connectivity index (χ0n) is 17.6. The van der Waals surface area contributed by atoms with Crippen LogP contribution in [0.3, 0.4) is 0 Å². The van der Waals surface area contributed by atoms with E-state index in [4.69, 9.17) is 14.4 Å². The molecule has 1 amide bonds. The van der Waals surface area contributed by atoms with Crippen molar-refractivity contribution in [3.63, 3.8) is 0 Å². The van der Waals surface area contributed by atoms with Gasteiger partial charge in [-0.3, -0.25) is 9.48 Å². The fourth-order valence-corrected chi connectivity index (χ4v) is 3.58. The molecule has 180 valence electrons. The highest BCUT2D eigenvalue weighted by Gasteiger charge is 2.48. The molecule has 4 aromatic heterocycles. The number of halogens is 3. The standard InChI is InChI=1S/C18H14N8O2.C2HF3O2/c19-4-3-18(9-25(10-18)17(27)14-2-6-24-28-14)26-8-12(7-23-26)15-13-1-5-20-16(13)22-11-21-15;3-2(4,5)1(6)7/h1-2,5-8,11H,3,9-10H2,(H,20,21,22);(H,6,7). The third-order valence-corrected chi connectivity index (χ3v) is 5.25. The van der Waals surface area contributed by atoms with Gasteiger partial charge in [0, 0.05) is 42.5 Å². The Balaban J connectivity index is 0.000000364. The lowest BCUT2D eigenvalue weighted by atomic mass is 9.86. The number of H-pyrrole nitrogens is 1. The molecule has 35 heavy (non-hydrogen) atoms. The number of carboxylic acids is 1. The summed E-state index contributed by atoms with van der Waals surface area (Å²) in [5, 5.41) is 25.4. The topological polar surface area (TPSA) is 167 Å². The van der Waals surface area contributed by atoms with Crippen LogP contribution >= 0.6 is 0 Å². The monoisotopic (exact) mass is 488 g/mol. The van der Waals surface area contributed by atoms with Crippen molar-refractivity contribution in [3.05, 3.63) is 49.0 Å². The molecule has 1 saturated heterocycles. The van der Waals surface area contributed by atoms with E-state index in [0.717, 1.165) is 22.3 Å². The van der Waals surface area contributed by atoms with Crippen LogP contribution in [0, 0.1) is 11.3 Å². The molecule has 15 heteroatoms. The lowest BCUT2D eigenvalue weighted by Gasteiger charge is -2.48. The van der Waals surface area contributed by atoms with Crippen LogP contribution in [-0.4, -0.2) is 71.0 Å². The van der Waals surface area contributed by atoms with Gasteiger partial charge < -0.3 is 19.5 Å². The number of aliphatic carboxylic acids is 1. The van der Waals surface area contributed by atoms with E-state index in [2.05, 4.69) is 31.3 Å². The van der Waals surface area contributed by atoms with E-state index in [0.29, 0.717) is 13.1 Å². The molecule has 0 spiro atoms. The Morgan fingerprint density at radius 3 is 2.66 bits per heavy atom. The summed E-state index contributed by atoms with van der Waals surface area (Å²) < 4.78 is 38.4. The number of hydrogen-bond acceptors (Lipinski definition) is 8. The van der Waals surface area contributed by atoms with Crippen LogP contribution < -0.4 is 0 Å². The molecule has 1 aliphatic heterocycles. The van der Waals surface area contributed by atoms with Gasteiger partial charge in [-0.05, 0) is 6.07 Å². The van der Waals surface area contributed by atoms with Crippen LogP contribution in [0.5, 0.6) is 0 Å². The van der Waals surface area contributed by atoms with Gasteiger partial charge in [0.15, 0.2) is 0 Å². The first kappa shape index (κ1) is 23.4. The fourth-order valence-electron chi connectivity index (χ4n) is 3.58. The number of alkyl halides is 3.